The molecule has 0 aliphatic rings. The van der Waals surface area contributed by atoms with Crippen molar-refractivity contribution in [1.29, 1.82) is 0 Å². The average molecular weight is 444 g/mol. The van der Waals surface area contributed by atoms with Crippen LogP contribution in [0.2, 0.25) is 0 Å². The van der Waals surface area contributed by atoms with Crippen molar-refractivity contribution in [3.63, 3.8) is 0 Å². The van der Waals surface area contributed by atoms with E-state index in [0.29, 0.717) is 26.8 Å². The number of aromatic nitrogens is 3. The topological polar surface area (TPSA) is 65.7 Å². The van der Waals surface area contributed by atoms with Crippen molar-refractivity contribution >= 4 is 38.3 Å². The van der Waals surface area contributed by atoms with Crippen LogP contribution in [0.1, 0.15) is 5.56 Å². The number of hydrogen-bond acceptors (Lipinski definition) is 6. The Hall–Kier alpha value is -2.71. The molecule has 4 rings (SSSR count). The highest BCUT2D eigenvalue weighted by Crippen LogP contribution is 2.25. The molecule has 0 radical (unpaired) electrons. The molecular weight excluding hydrogens is 430 g/mol. The van der Waals surface area contributed by atoms with Crippen LogP contribution in [0.15, 0.2) is 51.7 Å². The third-order valence-corrected chi connectivity index (χ3v) is 5.50. The highest BCUT2D eigenvalue weighted by Gasteiger charge is 2.12. The lowest BCUT2D eigenvalue weighted by Crippen LogP contribution is -2.23. The first-order valence-electron chi connectivity index (χ1n) is 7.98. The second-order valence-corrected chi connectivity index (χ2v) is 7.59. The van der Waals surface area contributed by atoms with Crippen molar-refractivity contribution in [2.75, 3.05) is 14.2 Å². The number of halogens is 1. The van der Waals surface area contributed by atoms with Gasteiger partial charge in [-0.15, -0.1) is 5.10 Å². The first-order chi connectivity index (χ1) is 13.1. The Morgan fingerprint density at radius 2 is 1.89 bits per heavy atom. The van der Waals surface area contributed by atoms with Crippen LogP contribution in [0.25, 0.3) is 22.4 Å². The quantitative estimate of drug-likeness (QED) is 0.484. The van der Waals surface area contributed by atoms with Crippen LogP contribution in [0.5, 0.6) is 11.5 Å². The van der Waals surface area contributed by atoms with Crippen LogP contribution >= 0.6 is 27.3 Å². The summed E-state index contributed by atoms with van der Waals surface area (Å²) in [5.41, 5.74) is 1.44. The Morgan fingerprint density at radius 1 is 1.11 bits per heavy atom. The molecule has 6 nitrogen and oxygen atoms in total. The summed E-state index contributed by atoms with van der Waals surface area (Å²) in [5.74, 6) is 1.84. The molecule has 27 heavy (non-hydrogen) atoms. The van der Waals surface area contributed by atoms with E-state index in [9.17, 15) is 4.79 Å². The molecule has 2 heterocycles. The third kappa shape index (κ3) is 3.33. The predicted molar refractivity (Wildman–Crippen MR) is 109 cm³/mol. The van der Waals surface area contributed by atoms with E-state index in [-0.39, 0.29) is 5.56 Å². The van der Waals surface area contributed by atoms with Crippen LogP contribution in [0.3, 0.4) is 0 Å². The normalized spacial score (nSPS) is 11.9. The molecule has 2 aromatic heterocycles. The van der Waals surface area contributed by atoms with Crippen LogP contribution < -0.4 is 19.6 Å². The summed E-state index contributed by atoms with van der Waals surface area (Å²) in [6.07, 6.45) is 1.78. The summed E-state index contributed by atoms with van der Waals surface area (Å²) in [7, 11) is 3.17. The molecule has 0 aliphatic carbocycles. The van der Waals surface area contributed by atoms with E-state index < -0.39 is 0 Å². The maximum Gasteiger partial charge on any atom is 0.291 e. The zero-order valence-corrected chi connectivity index (χ0v) is 16.9. The van der Waals surface area contributed by atoms with Crippen molar-refractivity contribution in [2.24, 2.45) is 0 Å². The van der Waals surface area contributed by atoms with Crippen molar-refractivity contribution in [1.82, 2.24) is 14.6 Å². The standard InChI is InChI=1S/C19H14BrN3O3S/c1-25-14-8-5-12(15(10-14)26-2)9-16-18(24)23-19(27-16)21-17(22-23)11-3-6-13(20)7-4-11/h3-10H,1-2H3. The van der Waals surface area contributed by atoms with Crippen molar-refractivity contribution in [3.05, 3.63) is 67.4 Å². The van der Waals surface area contributed by atoms with Crippen molar-refractivity contribution in [2.45, 2.75) is 0 Å². The molecule has 0 amide bonds. The van der Waals surface area contributed by atoms with E-state index in [0.717, 1.165) is 15.6 Å². The van der Waals surface area contributed by atoms with Gasteiger partial charge in [0.05, 0.1) is 18.8 Å². The van der Waals surface area contributed by atoms with E-state index in [4.69, 9.17) is 9.47 Å². The largest absolute Gasteiger partial charge is 0.497 e. The SMILES string of the molecule is COc1ccc(C=c2sc3nc(-c4ccc(Br)cc4)nn3c2=O)c(OC)c1. The minimum absolute atomic E-state index is 0.205. The first kappa shape index (κ1) is 17.7. The smallest absolute Gasteiger partial charge is 0.291 e. The van der Waals surface area contributed by atoms with Gasteiger partial charge in [0.25, 0.3) is 5.56 Å². The first-order valence-corrected chi connectivity index (χ1v) is 9.59. The number of thiazole rings is 1. The monoisotopic (exact) mass is 443 g/mol. The van der Waals surface area contributed by atoms with Gasteiger partial charge >= 0.3 is 0 Å². The highest BCUT2D eigenvalue weighted by atomic mass is 79.9. The highest BCUT2D eigenvalue weighted by molar-refractivity contribution is 9.10. The van der Waals surface area contributed by atoms with Crippen LogP contribution in [0, 0.1) is 0 Å². The Labute approximate surface area is 166 Å². The number of benzene rings is 2. The predicted octanol–water partition coefficient (Wildman–Crippen LogP) is 3.15. The van der Waals surface area contributed by atoms with E-state index in [1.807, 2.05) is 36.4 Å². The Kier molecular flexibility index (Phi) is 4.67. The Morgan fingerprint density at radius 3 is 2.56 bits per heavy atom. The van der Waals surface area contributed by atoms with Gasteiger partial charge in [0, 0.05) is 21.7 Å². The molecule has 0 N–H and O–H groups in total. The second kappa shape index (κ2) is 7.13. The summed E-state index contributed by atoms with van der Waals surface area (Å²) in [4.78, 5) is 17.8. The van der Waals surface area contributed by atoms with Gasteiger partial charge in [-0.2, -0.15) is 9.50 Å². The Balaban J connectivity index is 1.79. The second-order valence-electron chi connectivity index (χ2n) is 5.66. The van der Waals surface area contributed by atoms with Gasteiger partial charge in [-0.25, -0.2) is 0 Å². The Bertz CT molecular complexity index is 1230. The number of hydrogen-bond donors (Lipinski definition) is 0. The van der Waals surface area contributed by atoms with Crippen LogP contribution in [0.4, 0.5) is 0 Å². The van der Waals surface area contributed by atoms with E-state index >= 15 is 0 Å². The summed E-state index contributed by atoms with van der Waals surface area (Å²) in [5, 5.41) is 4.36. The van der Waals surface area contributed by atoms with Crippen LogP contribution in [-0.2, 0) is 0 Å². The lowest BCUT2D eigenvalue weighted by Gasteiger charge is -2.06. The maximum absolute atomic E-state index is 12.7. The molecule has 0 saturated carbocycles. The van der Waals surface area contributed by atoms with Gasteiger partial charge < -0.3 is 9.47 Å². The van der Waals surface area contributed by atoms with Gasteiger partial charge in [0.15, 0.2) is 5.82 Å². The third-order valence-electron chi connectivity index (χ3n) is 4.01. The summed E-state index contributed by atoms with van der Waals surface area (Å²) in [6.45, 7) is 0. The lowest BCUT2D eigenvalue weighted by molar-refractivity contribution is 0.393. The average Bonchev–Trinajstić information content (AvgIpc) is 3.22. The van der Waals surface area contributed by atoms with Gasteiger partial charge in [0.2, 0.25) is 4.96 Å². The minimum Gasteiger partial charge on any atom is -0.497 e. The van der Waals surface area contributed by atoms with Crippen molar-refractivity contribution in [3.8, 4) is 22.9 Å². The molecular formula is C19H14BrN3O3S. The molecule has 0 saturated heterocycles. The number of methoxy groups -OCH3 is 2. The molecule has 0 aliphatic heterocycles. The van der Waals surface area contributed by atoms with Gasteiger partial charge in [-0.05, 0) is 30.3 Å². The molecule has 0 bridgehead atoms. The summed E-state index contributed by atoms with van der Waals surface area (Å²) in [6, 6.07) is 13.1. The molecule has 2 aromatic carbocycles. The molecule has 0 atom stereocenters. The molecule has 4 aromatic rings. The maximum atomic E-state index is 12.7. The fourth-order valence-electron chi connectivity index (χ4n) is 2.63. The summed E-state index contributed by atoms with van der Waals surface area (Å²) >= 11 is 4.69. The number of ether oxygens (including phenoxy) is 2. The van der Waals surface area contributed by atoms with E-state index in [1.165, 1.54) is 15.9 Å². The van der Waals surface area contributed by atoms with Gasteiger partial charge in [-0.3, -0.25) is 4.79 Å². The fraction of sp³-hybridized carbons (Fsp3) is 0.105. The zero-order valence-electron chi connectivity index (χ0n) is 14.5. The zero-order chi connectivity index (χ0) is 19.0. The van der Waals surface area contributed by atoms with Gasteiger partial charge in [0.1, 0.15) is 11.5 Å². The lowest BCUT2D eigenvalue weighted by atomic mass is 10.2. The molecule has 136 valence electrons. The van der Waals surface area contributed by atoms with Crippen LogP contribution in [-0.4, -0.2) is 28.8 Å². The number of rotatable bonds is 4. The molecule has 8 heteroatoms. The van der Waals surface area contributed by atoms with E-state index in [1.54, 1.807) is 26.4 Å². The van der Waals surface area contributed by atoms with E-state index in [2.05, 4.69) is 26.0 Å². The van der Waals surface area contributed by atoms with Crippen molar-refractivity contribution < 1.29 is 9.47 Å². The fourth-order valence-corrected chi connectivity index (χ4v) is 3.80. The minimum atomic E-state index is -0.205. The number of nitrogens with zero attached hydrogens (tertiary/aromatic N) is 3. The summed E-state index contributed by atoms with van der Waals surface area (Å²) < 4.78 is 13.4. The molecule has 0 spiro atoms. The molecule has 0 fully saturated rings. The molecule has 0 unspecified atom stereocenters. The number of fused-ring (bicyclic) bond motifs is 1. The van der Waals surface area contributed by atoms with Gasteiger partial charge in [-0.1, -0.05) is 39.4 Å².